The average Bonchev–Trinajstić information content (AvgIpc) is 3.24. The summed E-state index contributed by atoms with van der Waals surface area (Å²) in [4.78, 5) is 15.2. The molecule has 6 nitrogen and oxygen atoms in total. The smallest absolute Gasteiger partial charge is 0.306 e. The zero-order valence-electron chi connectivity index (χ0n) is 18.0. The number of carboxylic acids is 1. The van der Waals surface area contributed by atoms with Crippen molar-refractivity contribution >= 4 is 12.0 Å². The number of hydrogen-bond donors (Lipinski definition) is 3. The molecular weight excluding hydrogens is 404 g/mol. The van der Waals surface area contributed by atoms with E-state index in [1.807, 2.05) is 24.3 Å². The summed E-state index contributed by atoms with van der Waals surface area (Å²) in [7, 11) is 0. The number of hydrogen-bond acceptors (Lipinski definition) is 4. The molecule has 0 aliphatic heterocycles. The first kappa shape index (κ1) is 22.0. The number of aliphatic hydroxyl groups excluding tert-OH is 2. The van der Waals surface area contributed by atoms with Crippen LogP contribution >= 0.6 is 0 Å². The Morgan fingerprint density at radius 2 is 1.75 bits per heavy atom. The summed E-state index contributed by atoms with van der Waals surface area (Å²) >= 11 is 0. The van der Waals surface area contributed by atoms with Gasteiger partial charge in [0.2, 0.25) is 0 Å². The number of aliphatic hydroxyl groups is 2. The molecule has 6 heteroatoms. The Labute approximate surface area is 187 Å². The lowest BCUT2D eigenvalue weighted by atomic mass is 9.71. The van der Waals surface area contributed by atoms with Gasteiger partial charge in [0.25, 0.3) is 0 Å². The maximum atomic E-state index is 11.0. The highest BCUT2D eigenvalue weighted by Gasteiger charge is 2.35. The summed E-state index contributed by atoms with van der Waals surface area (Å²) in [6.07, 6.45) is 7.97. The van der Waals surface area contributed by atoms with Crippen LogP contribution in [0.15, 0.2) is 67.0 Å². The van der Waals surface area contributed by atoms with Crippen molar-refractivity contribution in [1.29, 1.82) is 0 Å². The van der Waals surface area contributed by atoms with Crippen LogP contribution in [0, 0.1) is 5.92 Å². The fraction of sp³-hybridized carbons (Fsp3) is 0.308. The van der Waals surface area contributed by atoms with E-state index in [-0.39, 0.29) is 18.6 Å². The van der Waals surface area contributed by atoms with E-state index in [4.69, 9.17) is 5.11 Å². The van der Waals surface area contributed by atoms with Crippen molar-refractivity contribution in [2.75, 3.05) is 6.61 Å². The van der Waals surface area contributed by atoms with Crippen LogP contribution in [0.1, 0.15) is 54.8 Å². The molecule has 4 rings (SSSR count). The number of carbonyl (C=O) groups is 1. The van der Waals surface area contributed by atoms with E-state index < -0.39 is 12.1 Å². The average molecular weight is 433 g/mol. The van der Waals surface area contributed by atoms with Crippen molar-refractivity contribution < 1.29 is 20.1 Å². The van der Waals surface area contributed by atoms with Gasteiger partial charge >= 0.3 is 5.97 Å². The number of nitrogens with zero attached hydrogens (tertiary/aromatic N) is 2. The summed E-state index contributed by atoms with van der Waals surface area (Å²) in [5.74, 6) is -0.0151. The van der Waals surface area contributed by atoms with Gasteiger partial charge < -0.3 is 19.9 Å². The number of imidazole rings is 1. The van der Waals surface area contributed by atoms with Crippen LogP contribution in [-0.2, 0) is 4.79 Å². The Kier molecular flexibility index (Phi) is 6.53. The van der Waals surface area contributed by atoms with Gasteiger partial charge in [0.1, 0.15) is 11.9 Å². The standard InChI is InChI=1S/C26H28N2O4/c1-17(30)25-27-12-13-28(25)24(16-29)11-4-18-2-5-19(6-3-18)20-7-9-21(10-8-20)22-14-23(15-22)26(31)32/h2-13,17,22-24,29-30H,14-16H2,1H3,(H,31,32)/b11-4+/t17-,22?,23?,24-/m0/s1. The first-order valence-corrected chi connectivity index (χ1v) is 10.9. The van der Waals surface area contributed by atoms with Gasteiger partial charge in [0.15, 0.2) is 0 Å². The zero-order chi connectivity index (χ0) is 22.7. The Morgan fingerprint density at radius 3 is 2.31 bits per heavy atom. The normalized spacial score (nSPS) is 20.1. The summed E-state index contributed by atoms with van der Waals surface area (Å²) in [6, 6.07) is 16.3. The van der Waals surface area contributed by atoms with E-state index in [1.54, 1.807) is 23.9 Å². The van der Waals surface area contributed by atoms with E-state index in [1.165, 1.54) is 5.56 Å². The van der Waals surface area contributed by atoms with Gasteiger partial charge in [0.05, 0.1) is 18.6 Å². The molecule has 3 aromatic rings. The number of aromatic nitrogens is 2. The van der Waals surface area contributed by atoms with Crippen molar-refractivity contribution in [3.63, 3.8) is 0 Å². The van der Waals surface area contributed by atoms with Gasteiger partial charge in [-0.25, -0.2) is 4.98 Å². The van der Waals surface area contributed by atoms with E-state index in [9.17, 15) is 15.0 Å². The second-order valence-electron chi connectivity index (χ2n) is 8.43. The van der Waals surface area contributed by atoms with E-state index in [0.717, 1.165) is 29.5 Å². The number of carboxylic acid groups (broad SMARTS) is 1. The molecule has 0 unspecified atom stereocenters. The van der Waals surface area contributed by atoms with Crippen LogP contribution < -0.4 is 0 Å². The molecule has 2 atom stereocenters. The van der Waals surface area contributed by atoms with Crippen LogP contribution in [0.2, 0.25) is 0 Å². The zero-order valence-corrected chi connectivity index (χ0v) is 18.0. The molecule has 0 bridgehead atoms. The van der Waals surface area contributed by atoms with Crippen LogP contribution in [0.4, 0.5) is 0 Å². The SMILES string of the molecule is C[C@H](O)c1nccn1[C@@H](/C=C/c1ccc(-c2ccc(C3CC(C(=O)O)C3)cc2)cc1)CO. The summed E-state index contributed by atoms with van der Waals surface area (Å²) in [5, 5.41) is 28.7. The van der Waals surface area contributed by atoms with E-state index in [0.29, 0.717) is 11.7 Å². The van der Waals surface area contributed by atoms with E-state index >= 15 is 0 Å². The molecule has 0 saturated heterocycles. The Morgan fingerprint density at radius 1 is 1.12 bits per heavy atom. The number of benzene rings is 2. The first-order valence-electron chi connectivity index (χ1n) is 10.9. The maximum Gasteiger partial charge on any atom is 0.306 e. The van der Waals surface area contributed by atoms with Crippen LogP contribution in [0.3, 0.4) is 0 Å². The maximum absolute atomic E-state index is 11.0. The molecule has 32 heavy (non-hydrogen) atoms. The molecule has 0 amide bonds. The van der Waals surface area contributed by atoms with E-state index in [2.05, 4.69) is 41.4 Å². The molecule has 2 aromatic carbocycles. The molecule has 1 aromatic heterocycles. The lowest BCUT2D eigenvalue weighted by Gasteiger charge is -2.32. The van der Waals surface area contributed by atoms with Crippen molar-refractivity contribution in [2.24, 2.45) is 5.92 Å². The molecule has 1 fully saturated rings. The molecule has 0 radical (unpaired) electrons. The van der Waals surface area contributed by atoms with Gasteiger partial charge in [-0.15, -0.1) is 0 Å². The second kappa shape index (κ2) is 9.51. The first-order chi connectivity index (χ1) is 15.5. The van der Waals surface area contributed by atoms with Gasteiger partial charge in [-0.2, -0.15) is 0 Å². The second-order valence-corrected chi connectivity index (χ2v) is 8.43. The number of rotatable bonds is 8. The highest BCUT2D eigenvalue weighted by atomic mass is 16.4. The fourth-order valence-corrected chi connectivity index (χ4v) is 4.22. The third-order valence-corrected chi connectivity index (χ3v) is 6.24. The molecular formula is C26H28N2O4. The molecule has 0 spiro atoms. The largest absolute Gasteiger partial charge is 0.481 e. The number of aliphatic carboxylic acids is 1. The van der Waals surface area contributed by atoms with Gasteiger partial charge in [-0.05, 0) is 47.9 Å². The Bertz CT molecular complexity index is 1080. The Hall–Kier alpha value is -3.22. The molecule has 1 aliphatic carbocycles. The third kappa shape index (κ3) is 4.66. The topological polar surface area (TPSA) is 95.6 Å². The minimum Gasteiger partial charge on any atom is -0.481 e. The molecule has 3 N–H and O–H groups in total. The summed E-state index contributed by atoms with van der Waals surface area (Å²) in [6.45, 7) is 1.56. The van der Waals surface area contributed by atoms with Gasteiger partial charge in [0, 0.05) is 12.4 Å². The van der Waals surface area contributed by atoms with Crippen LogP contribution in [0.25, 0.3) is 17.2 Å². The third-order valence-electron chi connectivity index (χ3n) is 6.24. The molecule has 1 heterocycles. The summed E-state index contributed by atoms with van der Waals surface area (Å²) in [5.41, 5.74) is 4.44. The molecule has 166 valence electrons. The molecule has 1 aliphatic rings. The monoisotopic (exact) mass is 432 g/mol. The highest BCUT2D eigenvalue weighted by Crippen LogP contribution is 2.42. The fourth-order valence-electron chi connectivity index (χ4n) is 4.22. The van der Waals surface area contributed by atoms with Gasteiger partial charge in [-0.3, -0.25) is 4.79 Å². The van der Waals surface area contributed by atoms with Crippen LogP contribution in [-0.4, -0.2) is 37.4 Å². The van der Waals surface area contributed by atoms with Crippen molar-refractivity contribution in [3.8, 4) is 11.1 Å². The quantitative estimate of drug-likeness (QED) is 0.489. The predicted molar refractivity (Wildman–Crippen MR) is 123 cm³/mol. The molecule has 1 saturated carbocycles. The summed E-state index contributed by atoms with van der Waals surface area (Å²) < 4.78 is 1.78. The van der Waals surface area contributed by atoms with Crippen molar-refractivity contribution in [3.05, 3.63) is 84.0 Å². The van der Waals surface area contributed by atoms with Crippen molar-refractivity contribution in [2.45, 2.75) is 37.8 Å². The van der Waals surface area contributed by atoms with Gasteiger partial charge in [-0.1, -0.05) is 60.7 Å². The lowest BCUT2D eigenvalue weighted by Crippen LogP contribution is -2.28. The lowest BCUT2D eigenvalue weighted by molar-refractivity contribution is -0.145. The minimum atomic E-state index is -0.707. The Balaban J connectivity index is 1.41. The van der Waals surface area contributed by atoms with Crippen molar-refractivity contribution in [1.82, 2.24) is 9.55 Å². The van der Waals surface area contributed by atoms with Crippen LogP contribution in [0.5, 0.6) is 0 Å². The predicted octanol–water partition coefficient (Wildman–Crippen LogP) is 4.43. The highest BCUT2D eigenvalue weighted by molar-refractivity contribution is 5.72. The minimum absolute atomic E-state index is 0.0920.